The molecule has 0 aliphatic carbocycles. The Bertz CT molecular complexity index is 242. The van der Waals surface area contributed by atoms with E-state index in [1.807, 2.05) is 0 Å². The fraction of sp³-hybridized carbons (Fsp3) is 1.00. The molecule has 2 saturated heterocycles. The Morgan fingerprint density at radius 2 is 1.84 bits per heavy atom. The molecule has 3 nitrogen and oxygen atoms in total. The Morgan fingerprint density at radius 1 is 1.11 bits per heavy atom. The molecular weight excluding hydrogens is 254 g/mol. The summed E-state index contributed by atoms with van der Waals surface area (Å²) in [5.74, 6) is 4.33. The second-order valence-electron chi connectivity index (χ2n) is 6.46. The van der Waals surface area contributed by atoms with Crippen LogP contribution in [0.5, 0.6) is 0 Å². The lowest BCUT2D eigenvalue weighted by atomic mass is 10.1. The van der Waals surface area contributed by atoms with Gasteiger partial charge in [0.15, 0.2) is 0 Å². The average molecular weight is 286 g/mol. The van der Waals surface area contributed by atoms with E-state index < -0.39 is 0 Å². The monoisotopic (exact) mass is 285 g/mol. The zero-order chi connectivity index (χ0) is 13.5. The molecule has 0 bridgehead atoms. The van der Waals surface area contributed by atoms with Crippen molar-refractivity contribution < 1.29 is 0 Å². The molecule has 112 valence electrons. The maximum Gasteiger partial charge on any atom is 0.0110 e. The summed E-state index contributed by atoms with van der Waals surface area (Å²) < 4.78 is 0. The molecule has 0 amide bonds. The molecule has 1 atom stereocenters. The third-order valence-corrected chi connectivity index (χ3v) is 5.13. The Labute approximate surface area is 123 Å². The first-order chi connectivity index (χ1) is 9.24. The van der Waals surface area contributed by atoms with Crippen LogP contribution < -0.4 is 5.32 Å². The summed E-state index contributed by atoms with van der Waals surface area (Å²) >= 11 is 2.10. The quantitative estimate of drug-likeness (QED) is 0.765. The zero-order valence-electron chi connectivity index (χ0n) is 12.7. The highest BCUT2D eigenvalue weighted by Gasteiger charge is 2.22. The van der Waals surface area contributed by atoms with Crippen LogP contribution in [0.2, 0.25) is 0 Å². The molecule has 0 radical (unpaired) electrons. The first kappa shape index (κ1) is 15.6. The number of hydrogen-bond donors (Lipinski definition) is 1. The molecule has 0 aromatic heterocycles. The number of nitrogens with zero attached hydrogens (tertiary/aromatic N) is 2. The van der Waals surface area contributed by atoms with Gasteiger partial charge in [-0.25, -0.2) is 0 Å². The molecule has 4 heteroatoms. The van der Waals surface area contributed by atoms with E-state index in [-0.39, 0.29) is 0 Å². The van der Waals surface area contributed by atoms with Gasteiger partial charge >= 0.3 is 0 Å². The van der Waals surface area contributed by atoms with Crippen molar-refractivity contribution in [1.29, 1.82) is 0 Å². The van der Waals surface area contributed by atoms with Crippen LogP contribution in [0.15, 0.2) is 0 Å². The molecule has 19 heavy (non-hydrogen) atoms. The normalized spacial score (nSPS) is 26.4. The number of likely N-dealkylation sites (tertiary alicyclic amines) is 1. The molecule has 0 saturated carbocycles. The molecule has 2 aliphatic heterocycles. The molecule has 0 aromatic rings. The second kappa shape index (κ2) is 8.50. The summed E-state index contributed by atoms with van der Waals surface area (Å²) in [6.07, 6.45) is 1.39. The van der Waals surface area contributed by atoms with Gasteiger partial charge in [0, 0.05) is 44.2 Å². The van der Waals surface area contributed by atoms with Crippen LogP contribution in [-0.4, -0.2) is 73.7 Å². The van der Waals surface area contributed by atoms with Crippen molar-refractivity contribution in [2.24, 2.45) is 11.8 Å². The van der Waals surface area contributed by atoms with Gasteiger partial charge in [-0.3, -0.25) is 0 Å². The zero-order valence-corrected chi connectivity index (χ0v) is 13.6. The van der Waals surface area contributed by atoms with E-state index in [1.165, 1.54) is 70.3 Å². The van der Waals surface area contributed by atoms with E-state index >= 15 is 0 Å². The van der Waals surface area contributed by atoms with Gasteiger partial charge in [0.2, 0.25) is 0 Å². The van der Waals surface area contributed by atoms with Gasteiger partial charge in [-0.1, -0.05) is 13.8 Å². The highest BCUT2D eigenvalue weighted by atomic mass is 32.2. The Morgan fingerprint density at radius 3 is 2.58 bits per heavy atom. The molecule has 2 fully saturated rings. The minimum absolute atomic E-state index is 0.773. The van der Waals surface area contributed by atoms with Crippen molar-refractivity contribution in [3.05, 3.63) is 0 Å². The third-order valence-electron chi connectivity index (χ3n) is 4.19. The minimum Gasteiger partial charge on any atom is -0.316 e. The summed E-state index contributed by atoms with van der Waals surface area (Å²) in [5.41, 5.74) is 0. The number of hydrogen-bond acceptors (Lipinski definition) is 4. The van der Waals surface area contributed by atoms with Crippen molar-refractivity contribution >= 4 is 11.8 Å². The largest absolute Gasteiger partial charge is 0.316 e. The molecule has 1 N–H and O–H groups in total. The molecule has 2 heterocycles. The van der Waals surface area contributed by atoms with Gasteiger partial charge in [0.25, 0.3) is 0 Å². The SMILES string of the molecule is CC(C)CNCC1CCN(CCN2CCSCC2)C1. The Hall–Kier alpha value is 0.230. The van der Waals surface area contributed by atoms with Crippen molar-refractivity contribution in [2.75, 3.05) is 63.9 Å². The first-order valence-electron chi connectivity index (χ1n) is 7.97. The molecule has 0 aromatic carbocycles. The van der Waals surface area contributed by atoms with Gasteiger partial charge in [0.1, 0.15) is 0 Å². The van der Waals surface area contributed by atoms with Crippen molar-refractivity contribution in [3.8, 4) is 0 Å². The lowest BCUT2D eigenvalue weighted by Crippen LogP contribution is -2.39. The van der Waals surface area contributed by atoms with Gasteiger partial charge in [0.05, 0.1) is 0 Å². The fourth-order valence-corrected chi connectivity index (χ4v) is 3.95. The summed E-state index contributed by atoms with van der Waals surface area (Å²) in [4.78, 5) is 5.31. The van der Waals surface area contributed by atoms with Crippen molar-refractivity contribution in [2.45, 2.75) is 20.3 Å². The number of nitrogens with one attached hydrogen (secondary N) is 1. The number of thioether (sulfide) groups is 1. The molecule has 1 unspecified atom stereocenters. The Balaban J connectivity index is 1.54. The van der Waals surface area contributed by atoms with E-state index in [0.717, 1.165) is 11.8 Å². The minimum atomic E-state index is 0.773. The van der Waals surface area contributed by atoms with Crippen molar-refractivity contribution in [1.82, 2.24) is 15.1 Å². The first-order valence-corrected chi connectivity index (χ1v) is 9.12. The maximum atomic E-state index is 3.61. The topological polar surface area (TPSA) is 18.5 Å². The molecular formula is C15H31N3S. The van der Waals surface area contributed by atoms with Crippen LogP contribution in [0.4, 0.5) is 0 Å². The van der Waals surface area contributed by atoms with E-state index in [2.05, 4.69) is 40.7 Å². The van der Waals surface area contributed by atoms with Crippen LogP contribution >= 0.6 is 11.8 Å². The van der Waals surface area contributed by atoms with Crippen molar-refractivity contribution in [3.63, 3.8) is 0 Å². The Kier molecular flexibility index (Phi) is 6.99. The predicted molar refractivity (Wildman–Crippen MR) is 86.0 cm³/mol. The average Bonchev–Trinajstić information content (AvgIpc) is 2.85. The van der Waals surface area contributed by atoms with Crippen LogP contribution in [-0.2, 0) is 0 Å². The lowest BCUT2D eigenvalue weighted by molar-refractivity contribution is 0.235. The highest BCUT2D eigenvalue weighted by Crippen LogP contribution is 2.16. The lowest BCUT2D eigenvalue weighted by Gasteiger charge is -2.28. The third kappa shape index (κ3) is 6.03. The summed E-state index contributed by atoms with van der Waals surface area (Å²) in [7, 11) is 0. The van der Waals surface area contributed by atoms with Crippen LogP contribution in [0.3, 0.4) is 0 Å². The fourth-order valence-electron chi connectivity index (χ4n) is 2.97. The van der Waals surface area contributed by atoms with E-state index in [9.17, 15) is 0 Å². The van der Waals surface area contributed by atoms with Crippen LogP contribution in [0.1, 0.15) is 20.3 Å². The van der Waals surface area contributed by atoms with E-state index in [0.29, 0.717) is 0 Å². The van der Waals surface area contributed by atoms with Gasteiger partial charge in [-0.15, -0.1) is 0 Å². The standard InChI is InChI=1S/C15H31N3S/c1-14(2)11-16-12-15-3-4-18(13-15)6-5-17-7-9-19-10-8-17/h14-16H,3-13H2,1-2H3. The van der Waals surface area contributed by atoms with E-state index in [1.54, 1.807) is 0 Å². The van der Waals surface area contributed by atoms with Gasteiger partial charge < -0.3 is 15.1 Å². The molecule has 2 aliphatic rings. The van der Waals surface area contributed by atoms with Gasteiger partial charge in [-0.05, 0) is 37.9 Å². The van der Waals surface area contributed by atoms with E-state index in [4.69, 9.17) is 0 Å². The summed E-state index contributed by atoms with van der Waals surface area (Å²) in [5, 5.41) is 3.61. The van der Waals surface area contributed by atoms with Crippen LogP contribution in [0, 0.1) is 11.8 Å². The number of rotatable bonds is 7. The molecule has 0 spiro atoms. The second-order valence-corrected chi connectivity index (χ2v) is 7.69. The molecule has 2 rings (SSSR count). The summed E-state index contributed by atoms with van der Waals surface area (Å²) in [6.45, 7) is 14.8. The van der Waals surface area contributed by atoms with Crippen LogP contribution in [0.25, 0.3) is 0 Å². The highest BCUT2D eigenvalue weighted by molar-refractivity contribution is 7.99. The predicted octanol–water partition coefficient (Wildman–Crippen LogP) is 1.60. The summed E-state index contributed by atoms with van der Waals surface area (Å²) in [6, 6.07) is 0. The van der Waals surface area contributed by atoms with Gasteiger partial charge in [-0.2, -0.15) is 11.8 Å². The smallest absolute Gasteiger partial charge is 0.0110 e. The maximum absolute atomic E-state index is 3.61.